The maximum absolute atomic E-state index is 13.4. The lowest BCUT2D eigenvalue weighted by Crippen LogP contribution is -2.42. The zero-order valence-corrected chi connectivity index (χ0v) is 20.3. The lowest BCUT2D eigenvalue weighted by Gasteiger charge is -2.25. The van der Waals surface area contributed by atoms with E-state index in [0.717, 1.165) is 11.1 Å². The molecule has 2 heterocycles. The number of Topliss-reactive ketones (excluding diaryl/α,β-unsaturated/α-hetero) is 1. The van der Waals surface area contributed by atoms with Crippen LogP contribution in [-0.4, -0.2) is 51.8 Å². The highest BCUT2D eigenvalue weighted by Gasteiger charge is 2.42. The molecule has 0 saturated carbocycles. The number of amidine groups is 2. The molecule has 36 heavy (non-hydrogen) atoms. The zero-order chi connectivity index (χ0) is 24.9. The van der Waals surface area contributed by atoms with Crippen molar-refractivity contribution >= 4 is 46.1 Å². The second-order valence-electron chi connectivity index (χ2n) is 8.42. The highest BCUT2D eigenvalue weighted by Crippen LogP contribution is 2.34. The molecule has 0 aromatic heterocycles. The van der Waals surface area contributed by atoms with E-state index in [1.807, 2.05) is 72.8 Å². The van der Waals surface area contributed by atoms with E-state index < -0.39 is 6.04 Å². The van der Waals surface area contributed by atoms with Gasteiger partial charge in [-0.15, -0.1) is 0 Å². The number of hydrogen-bond acceptors (Lipinski definition) is 6. The number of hydrogen-bond donors (Lipinski definition) is 1. The van der Waals surface area contributed by atoms with Crippen LogP contribution < -0.4 is 5.32 Å². The molecule has 1 atom stereocenters. The minimum Gasteiger partial charge on any atom is -0.356 e. The van der Waals surface area contributed by atoms with Crippen LogP contribution in [0.2, 0.25) is 0 Å². The Balaban J connectivity index is 1.28. The molecule has 5 rings (SSSR count). The molecule has 0 saturated heterocycles. The predicted molar refractivity (Wildman–Crippen MR) is 142 cm³/mol. The maximum atomic E-state index is 13.4. The van der Waals surface area contributed by atoms with Crippen molar-refractivity contribution < 1.29 is 14.4 Å². The normalized spacial score (nSPS) is 16.1. The van der Waals surface area contributed by atoms with Gasteiger partial charge in [-0.25, -0.2) is 9.89 Å². The van der Waals surface area contributed by atoms with Crippen molar-refractivity contribution in [3.05, 3.63) is 102 Å². The van der Waals surface area contributed by atoms with Crippen LogP contribution in [0.5, 0.6) is 0 Å². The first-order chi connectivity index (χ1) is 17.6. The van der Waals surface area contributed by atoms with Gasteiger partial charge in [0, 0.05) is 17.7 Å². The van der Waals surface area contributed by atoms with E-state index >= 15 is 0 Å². The summed E-state index contributed by atoms with van der Waals surface area (Å²) in [6.07, 6.45) is 0.665. The molecule has 2 aliphatic heterocycles. The third-order valence-electron chi connectivity index (χ3n) is 5.93. The fourth-order valence-corrected chi connectivity index (χ4v) is 5.00. The van der Waals surface area contributed by atoms with Crippen molar-refractivity contribution in [2.24, 2.45) is 9.98 Å². The Morgan fingerprint density at radius 1 is 0.917 bits per heavy atom. The van der Waals surface area contributed by atoms with Crippen LogP contribution in [0.3, 0.4) is 0 Å². The standard InChI is InChI=1S/C28H24N4O3S/c33-24(20-11-5-2-6-12-20)18-36-28-31-22-14-8-7-13-21(22)26-30-23(27(35)32(26)28)17-25(34)29-16-15-19-9-3-1-4-10-19/h1-14,23H,15-18H2,(H,29,34)/t23-/m0/s1. The molecule has 2 aliphatic rings. The molecule has 0 aliphatic carbocycles. The van der Waals surface area contributed by atoms with Crippen LogP contribution in [0.1, 0.15) is 27.9 Å². The van der Waals surface area contributed by atoms with Crippen LogP contribution in [0.15, 0.2) is 94.9 Å². The second kappa shape index (κ2) is 10.7. The fourth-order valence-electron chi connectivity index (χ4n) is 4.11. The molecule has 0 bridgehead atoms. The molecule has 7 nitrogen and oxygen atoms in total. The number of carbonyl (C=O) groups excluding carboxylic acids is 3. The van der Waals surface area contributed by atoms with Gasteiger partial charge in [0.15, 0.2) is 11.0 Å². The Morgan fingerprint density at radius 3 is 2.39 bits per heavy atom. The summed E-state index contributed by atoms with van der Waals surface area (Å²) in [6.45, 7) is 0.483. The van der Waals surface area contributed by atoms with Crippen molar-refractivity contribution in [1.29, 1.82) is 0 Å². The Hall–Kier alpha value is -4.04. The number of aliphatic imine (C=N–C) groups is 2. The monoisotopic (exact) mass is 496 g/mol. The summed E-state index contributed by atoms with van der Waals surface area (Å²) in [4.78, 5) is 49.4. The van der Waals surface area contributed by atoms with Gasteiger partial charge in [-0.05, 0) is 24.1 Å². The molecule has 0 fully saturated rings. The van der Waals surface area contributed by atoms with E-state index in [0.29, 0.717) is 35.2 Å². The number of rotatable bonds is 8. The summed E-state index contributed by atoms with van der Waals surface area (Å²) >= 11 is 1.20. The van der Waals surface area contributed by atoms with Crippen LogP contribution in [0, 0.1) is 0 Å². The first-order valence-electron chi connectivity index (χ1n) is 11.7. The average Bonchev–Trinajstić information content (AvgIpc) is 3.24. The number of para-hydroxylation sites is 1. The van der Waals surface area contributed by atoms with Crippen LogP contribution in [0.4, 0.5) is 5.69 Å². The van der Waals surface area contributed by atoms with E-state index in [4.69, 9.17) is 0 Å². The van der Waals surface area contributed by atoms with Gasteiger partial charge in [0.2, 0.25) is 5.91 Å². The summed E-state index contributed by atoms with van der Waals surface area (Å²) in [7, 11) is 0. The van der Waals surface area contributed by atoms with Gasteiger partial charge in [0.25, 0.3) is 5.91 Å². The van der Waals surface area contributed by atoms with Gasteiger partial charge in [-0.3, -0.25) is 19.4 Å². The molecule has 8 heteroatoms. The molecule has 0 radical (unpaired) electrons. The predicted octanol–water partition coefficient (Wildman–Crippen LogP) is 4.01. The Morgan fingerprint density at radius 2 is 1.61 bits per heavy atom. The molecule has 2 amide bonds. The van der Waals surface area contributed by atoms with Gasteiger partial charge in [0.1, 0.15) is 11.9 Å². The number of fused-ring (bicyclic) bond motifs is 3. The number of nitrogens with one attached hydrogen (secondary N) is 1. The minimum atomic E-state index is -0.835. The van der Waals surface area contributed by atoms with Gasteiger partial charge in [-0.1, -0.05) is 84.6 Å². The third-order valence-corrected chi connectivity index (χ3v) is 6.87. The van der Waals surface area contributed by atoms with E-state index in [1.165, 1.54) is 16.7 Å². The Labute approximate surface area is 213 Å². The van der Waals surface area contributed by atoms with Crippen molar-refractivity contribution in [3.63, 3.8) is 0 Å². The molecule has 0 spiro atoms. The van der Waals surface area contributed by atoms with Gasteiger partial charge < -0.3 is 5.32 Å². The van der Waals surface area contributed by atoms with Crippen molar-refractivity contribution in [2.75, 3.05) is 12.3 Å². The number of amides is 2. The molecule has 0 unspecified atom stereocenters. The maximum Gasteiger partial charge on any atom is 0.259 e. The fraction of sp³-hybridized carbons (Fsp3) is 0.179. The highest BCUT2D eigenvalue weighted by molar-refractivity contribution is 8.14. The number of nitrogens with zero attached hydrogens (tertiary/aromatic N) is 3. The van der Waals surface area contributed by atoms with E-state index in [9.17, 15) is 14.4 Å². The molecule has 180 valence electrons. The van der Waals surface area contributed by atoms with Gasteiger partial charge >= 0.3 is 0 Å². The largest absolute Gasteiger partial charge is 0.356 e. The lowest BCUT2D eigenvalue weighted by molar-refractivity contribution is -0.128. The van der Waals surface area contributed by atoms with Crippen molar-refractivity contribution in [3.8, 4) is 0 Å². The quantitative estimate of drug-likeness (QED) is 0.477. The molecule has 1 N–H and O–H groups in total. The second-order valence-corrected chi connectivity index (χ2v) is 9.36. The van der Waals surface area contributed by atoms with Crippen LogP contribution in [0.25, 0.3) is 0 Å². The molecule has 3 aromatic rings. The van der Waals surface area contributed by atoms with Crippen molar-refractivity contribution in [2.45, 2.75) is 18.9 Å². The average molecular weight is 497 g/mol. The Bertz CT molecular complexity index is 1360. The van der Waals surface area contributed by atoms with E-state index in [-0.39, 0.29) is 29.8 Å². The number of ketones is 1. The molecule has 3 aromatic carbocycles. The summed E-state index contributed by atoms with van der Waals surface area (Å²) < 4.78 is 0. The Kier molecular flexibility index (Phi) is 7.04. The van der Waals surface area contributed by atoms with Crippen LogP contribution in [-0.2, 0) is 16.0 Å². The van der Waals surface area contributed by atoms with E-state index in [1.54, 1.807) is 12.1 Å². The first kappa shape index (κ1) is 23.7. The minimum absolute atomic E-state index is 0.0450. The first-order valence-corrected chi connectivity index (χ1v) is 12.7. The van der Waals surface area contributed by atoms with Crippen molar-refractivity contribution in [1.82, 2.24) is 10.2 Å². The molecular formula is C28H24N4O3S. The lowest BCUT2D eigenvalue weighted by atomic mass is 10.1. The third kappa shape index (κ3) is 5.13. The number of benzene rings is 3. The smallest absolute Gasteiger partial charge is 0.259 e. The van der Waals surface area contributed by atoms with Crippen LogP contribution >= 0.6 is 11.8 Å². The summed E-state index contributed by atoms with van der Waals surface area (Å²) in [5, 5.41) is 3.29. The topological polar surface area (TPSA) is 91.2 Å². The SMILES string of the molecule is O=C(C[C@@H]1N=C2c3ccccc3N=C(SCC(=O)c3ccccc3)N2C1=O)NCCc1ccccc1. The van der Waals surface area contributed by atoms with Gasteiger partial charge in [0.05, 0.1) is 17.9 Å². The van der Waals surface area contributed by atoms with E-state index in [2.05, 4.69) is 15.3 Å². The molecular weight excluding hydrogens is 472 g/mol. The summed E-state index contributed by atoms with van der Waals surface area (Å²) in [5.41, 5.74) is 3.15. The number of carbonyl (C=O) groups is 3. The summed E-state index contributed by atoms with van der Waals surface area (Å²) in [6, 6.07) is 25.5. The van der Waals surface area contributed by atoms with Gasteiger partial charge in [-0.2, -0.15) is 0 Å². The number of thioether (sulfide) groups is 1. The summed E-state index contributed by atoms with van der Waals surface area (Å²) in [5.74, 6) is 0.0134. The highest BCUT2D eigenvalue weighted by atomic mass is 32.2. The zero-order valence-electron chi connectivity index (χ0n) is 19.5.